The smallest absolute Gasteiger partial charge is 0.444 e. The molecule has 36 heavy (non-hydrogen) atoms. The summed E-state index contributed by atoms with van der Waals surface area (Å²) in [5.41, 5.74) is -5.30. The van der Waals surface area contributed by atoms with Crippen molar-refractivity contribution in [3.8, 4) is 0 Å². The number of piperazine rings is 1. The lowest BCUT2D eigenvalue weighted by atomic mass is 10.0. The highest BCUT2D eigenvalue weighted by Crippen LogP contribution is 2.20. The number of hydrogen-bond acceptors (Lipinski definition) is 7. The number of amides is 2. The number of hydrogen-bond donors (Lipinski definition) is 2. The van der Waals surface area contributed by atoms with Gasteiger partial charge in [0, 0.05) is 32.6 Å². The van der Waals surface area contributed by atoms with Crippen LogP contribution in [0.3, 0.4) is 0 Å². The minimum atomic E-state index is -5.84. The minimum Gasteiger partial charge on any atom is -0.444 e. The van der Waals surface area contributed by atoms with Gasteiger partial charge in [-0.3, -0.25) is 9.35 Å². The van der Waals surface area contributed by atoms with Crippen LogP contribution in [0.1, 0.15) is 26.3 Å². The highest BCUT2D eigenvalue weighted by molar-refractivity contribution is 7.88. The van der Waals surface area contributed by atoms with Gasteiger partial charge in [0.2, 0.25) is 15.9 Å². The lowest BCUT2D eigenvalue weighted by Crippen LogP contribution is -2.56. The van der Waals surface area contributed by atoms with Gasteiger partial charge in [0.05, 0.1) is 6.26 Å². The summed E-state index contributed by atoms with van der Waals surface area (Å²) in [5.74, 6) is -0.247. The maximum absolute atomic E-state index is 13.0. The molecule has 1 aliphatic rings. The third kappa shape index (κ3) is 11.1. The number of alkyl halides is 3. The number of nitrogens with one attached hydrogen (secondary N) is 1. The summed E-state index contributed by atoms with van der Waals surface area (Å²) in [5, 5.41) is 2.68. The highest BCUT2D eigenvalue weighted by atomic mass is 32.2. The van der Waals surface area contributed by atoms with Crippen LogP contribution in [-0.4, -0.2) is 92.2 Å². The van der Waals surface area contributed by atoms with Gasteiger partial charge in [0.15, 0.2) is 0 Å². The number of ether oxygens (including phenoxy) is 1. The Morgan fingerprint density at radius 3 is 1.89 bits per heavy atom. The topological polar surface area (TPSA) is 150 Å². The quantitative estimate of drug-likeness (QED) is 0.407. The van der Waals surface area contributed by atoms with Crippen LogP contribution in [0.15, 0.2) is 30.3 Å². The molecule has 11 nitrogen and oxygen atoms in total. The molecule has 0 aliphatic carbocycles. The van der Waals surface area contributed by atoms with Gasteiger partial charge in [-0.2, -0.15) is 25.9 Å². The molecule has 1 heterocycles. The van der Waals surface area contributed by atoms with Crippen LogP contribution in [0.2, 0.25) is 0 Å². The molecule has 0 aromatic heterocycles. The number of alkyl carbamates (subject to hydrolysis) is 1. The number of carbonyl (C=O) groups excluding carboxylic acids is 2. The first-order chi connectivity index (χ1) is 16.2. The van der Waals surface area contributed by atoms with E-state index in [0.717, 1.165) is 11.8 Å². The monoisotopic (exact) mass is 561 g/mol. The predicted molar refractivity (Wildman–Crippen MR) is 124 cm³/mol. The predicted octanol–water partition coefficient (Wildman–Crippen LogP) is 1.62. The Morgan fingerprint density at radius 1 is 1.03 bits per heavy atom. The van der Waals surface area contributed by atoms with Crippen molar-refractivity contribution >= 4 is 32.1 Å². The Balaban J connectivity index is 0.000000697. The molecule has 206 valence electrons. The lowest BCUT2D eigenvalue weighted by molar-refractivity contribution is -0.134. The molecule has 1 aliphatic heterocycles. The first-order valence-electron chi connectivity index (χ1n) is 10.5. The van der Waals surface area contributed by atoms with Gasteiger partial charge in [-0.1, -0.05) is 30.3 Å². The van der Waals surface area contributed by atoms with Crippen LogP contribution in [0.25, 0.3) is 0 Å². The fourth-order valence-electron chi connectivity index (χ4n) is 2.96. The third-order valence-electron chi connectivity index (χ3n) is 4.58. The van der Waals surface area contributed by atoms with Gasteiger partial charge < -0.3 is 15.0 Å². The van der Waals surface area contributed by atoms with Crippen molar-refractivity contribution in [2.45, 2.75) is 44.3 Å². The number of halogens is 3. The minimum absolute atomic E-state index is 0.245. The second-order valence-corrected chi connectivity index (χ2v) is 12.2. The van der Waals surface area contributed by atoms with Gasteiger partial charge in [0.1, 0.15) is 11.6 Å². The molecule has 1 fully saturated rings. The largest absolute Gasteiger partial charge is 0.522 e. The van der Waals surface area contributed by atoms with E-state index in [1.807, 2.05) is 30.3 Å². The van der Waals surface area contributed by atoms with Crippen molar-refractivity contribution < 1.29 is 48.9 Å². The van der Waals surface area contributed by atoms with E-state index >= 15 is 0 Å². The second kappa shape index (κ2) is 12.2. The number of carbonyl (C=O) groups is 2. The van der Waals surface area contributed by atoms with E-state index in [9.17, 15) is 31.2 Å². The average molecular weight is 562 g/mol. The molecule has 1 aromatic carbocycles. The molecular weight excluding hydrogens is 531 g/mol. The highest BCUT2D eigenvalue weighted by Gasteiger charge is 2.44. The Labute approximate surface area is 208 Å². The molecule has 2 N–H and O–H groups in total. The van der Waals surface area contributed by atoms with Crippen molar-refractivity contribution in [1.29, 1.82) is 0 Å². The first kappa shape index (κ1) is 31.6. The number of nitrogens with zero attached hydrogens (tertiary/aromatic N) is 2. The summed E-state index contributed by atoms with van der Waals surface area (Å²) in [7, 11) is -9.12. The number of sulfonamides is 1. The van der Waals surface area contributed by atoms with Crippen LogP contribution in [0.5, 0.6) is 0 Å². The van der Waals surface area contributed by atoms with Crippen LogP contribution in [-0.2, 0) is 36.1 Å². The van der Waals surface area contributed by atoms with Crippen molar-refractivity contribution in [1.82, 2.24) is 14.5 Å². The molecule has 0 unspecified atom stereocenters. The molecule has 2 amide bonds. The van der Waals surface area contributed by atoms with Gasteiger partial charge in [-0.15, -0.1) is 0 Å². The van der Waals surface area contributed by atoms with E-state index in [-0.39, 0.29) is 32.1 Å². The molecule has 0 spiro atoms. The Morgan fingerprint density at radius 2 is 1.50 bits per heavy atom. The summed E-state index contributed by atoms with van der Waals surface area (Å²) in [6.45, 7) is 6.32. The zero-order chi connectivity index (χ0) is 27.9. The SMILES string of the molecule is CC(C)(C)OC(=O)N[C@@H](Cc1ccccc1)C(=O)N1CCN(S(C)(=O)=O)CC1.O=S(=O)(O)C(F)(F)F. The van der Waals surface area contributed by atoms with Crippen LogP contribution in [0, 0.1) is 0 Å². The summed E-state index contributed by atoms with van der Waals surface area (Å²) in [4.78, 5) is 26.9. The van der Waals surface area contributed by atoms with Crippen molar-refractivity contribution in [3.05, 3.63) is 35.9 Å². The molecule has 0 saturated carbocycles. The van der Waals surface area contributed by atoms with Crippen molar-refractivity contribution in [3.63, 3.8) is 0 Å². The third-order valence-corrected chi connectivity index (χ3v) is 6.47. The van der Waals surface area contributed by atoms with Gasteiger partial charge in [0.25, 0.3) is 0 Å². The summed E-state index contributed by atoms with van der Waals surface area (Å²) < 4.78 is 87.5. The van der Waals surface area contributed by atoms with E-state index < -0.39 is 43.4 Å². The molecule has 0 radical (unpaired) electrons. The average Bonchev–Trinajstić information content (AvgIpc) is 2.70. The van der Waals surface area contributed by atoms with Gasteiger partial charge >= 0.3 is 21.7 Å². The van der Waals surface area contributed by atoms with Gasteiger partial charge in [-0.05, 0) is 26.3 Å². The molecule has 1 saturated heterocycles. The molecule has 2 rings (SSSR count). The fraction of sp³-hybridized carbons (Fsp3) is 0.600. The fourth-order valence-corrected chi connectivity index (χ4v) is 3.79. The maximum atomic E-state index is 13.0. The van der Waals surface area contributed by atoms with Crippen LogP contribution in [0.4, 0.5) is 18.0 Å². The Bertz CT molecular complexity index is 1100. The lowest BCUT2D eigenvalue weighted by Gasteiger charge is -2.35. The van der Waals surface area contributed by atoms with E-state index in [0.29, 0.717) is 6.42 Å². The zero-order valence-corrected chi connectivity index (χ0v) is 21.8. The molecule has 16 heteroatoms. The van der Waals surface area contributed by atoms with E-state index in [4.69, 9.17) is 17.7 Å². The number of benzene rings is 1. The summed E-state index contributed by atoms with van der Waals surface area (Å²) in [6.07, 6.45) is 0.828. The number of rotatable bonds is 5. The standard InChI is InChI=1S/C19H29N3O5S.CHF3O3S/c1-19(2,3)27-18(24)20-16(14-15-8-6-5-7-9-15)17(23)21-10-12-22(13-11-21)28(4,25)26;2-1(3,4)8(5,6)7/h5-9,16H,10-14H2,1-4H3,(H,20,24);(H,5,6,7)/t16-;/m0./s1. The molecule has 0 bridgehead atoms. The second-order valence-electron chi connectivity index (χ2n) is 8.80. The van der Waals surface area contributed by atoms with E-state index in [1.165, 1.54) is 4.31 Å². The van der Waals surface area contributed by atoms with Crippen LogP contribution < -0.4 is 5.32 Å². The maximum Gasteiger partial charge on any atom is 0.522 e. The van der Waals surface area contributed by atoms with E-state index in [1.54, 1.807) is 25.7 Å². The van der Waals surface area contributed by atoms with Crippen LogP contribution >= 0.6 is 0 Å². The Hall–Kier alpha value is -2.43. The van der Waals surface area contributed by atoms with E-state index in [2.05, 4.69) is 5.32 Å². The first-order valence-corrected chi connectivity index (χ1v) is 13.8. The zero-order valence-electron chi connectivity index (χ0n) is 20.1. The molecular formula is C20H30F3N3O8S2. The normalized spacial score (nSPS) is 16.4. The van der Waals surface area contributed by atoms with Crippen molar-refractivity contribution in [2.75, 3.05) is 32.4 Å². The Kier molecular flexibility index (Phi) is 10.7. The molecule has 1 atom stereocenters. The summed E-state index contributed by atoms with van der Waals surface area (Å²) in [6, 6.07) is 8.61. The van der Waals surface area contributed by atoms with Gasteiger partial charge in [-0.25, -0.2) is 13.2 Å². The summed E-state index contributed by atoms with van der Waals surface area (Å²) >= 11 is 0. The van der Waals surface area contributed by atoms with Crippen molar-refractivity contribution in [2.24, 2.45) is 0 Å². The molecule has 1 aromatic rings.